The van der Waals surface area contributed by atoms with E-state index in [9.17, 15) is 0 Å². The Bertz CT molecular complexity index is 181. The van der Waals surface area contributed by atoms with Gasteiger partial charge in [-0.3, -0.25) is 4.90 Å². The van der Waals surface area contributed by atoms with E-state index < -0.39 is 0 Å². The van der Waals surface area contributed by atoms with E-state index >= 15 is 0 Å². The molecule has 2 unspecified atom stereocenters. The van der Waals surface area contributed by atoms with E-state index in [4.69, 9.17) is 5.26 Å². The van der Waals surface area contributed by atoms with Gasteiger partial charge in [0.05, 0.1) is 12.0 Å². The van der Waals surface area contributed by atoms with Crippen LogP contribution >= 0.6 is 0 Å². The van der Waals surface area contributed by atoms with Crippen LogP contribution in [-0.4, -0.2) is 23.5 Å². The minimum Gasteiger partial charge on any atom is -0.297 e. The fourth-order valence-corrected chi connectivity index (χ4v) is 2.07. The molecule has 12 heavy (non-hydrogen) atoms. The Morgan fingerprint density at radius 3 is 2.58 bits per heavy atom. The molecule has 0 amide bonds. The average molecular weight is 166 g/mol. The van der Waals surface area contributed by atoms with Gasteiger partial charge in [0.2, 0.25) is 0 Å². The van der Waals surface area contributed by atoms with E-state index in [0.29, 0.717) is 12.1 Å². The Labute approximate surface area is 75.2 Å². The fourth-order valence-electron chi connectivity index (χ4n) is 2.07. The van der Waals surface area contributed by atoms with Crippen molar-refractivity contribution in [3.05, 3.63) is 0 Å². The molecule has 0 bridgehead atoms. The van der Waals surface area contributed by atoms with Gasteiger partial charge in [-0.25, -0.2) is 0 Å². The third-order valence-corrected chi connectivity index (χ3v) is 2.77. The first-order chi connectivity index (χ1) is 5.69. The van der Waals surface area contributed by atoms with E-state index in [1.54, 1.807) is 0 Å². The van der Waals surface area contributed by atoms with Crippen LogP contribution in [0, 0.1) is 17.2 Å². The van der Waals surface area contributed by atoms with Crippen LogP contribution in [0.1, 0.15) is 33.6 Å². The van der Waals surface area contributed by atoms with E-state index in [0.717, 1.165) is 13.0 Å². The third-order valence-electron chi connectivity index (χ3n) is 2.77. The molecule has 0 saturated carbocycles. The van der Waals surface area contributed by atoms with E-state index in [-0.39, 0.29) is 5.92 Å². The summed E-state index contributed by atoms with van der Waals surface area (Å²) in [5, 5.41) is 8.80. The number of nitriles is 1. The van der Waals surface area contributed by atoms with Crippen LogP contribution in [0.3, 0.4) is 0 Å². The third kappa shape index (κ3) is 1.78. The molecule has 1 saturated heterocycles. The molecule has 68 valence electrons. The van der Waals surface area contributed by atoms with Gasteiger partial charge < -0.3 is 0 Å². The van der Waals surface area contributed by atoms with Crippen molar-refractivity contribution in [2.24, 2.45) is 5.92 Å². The van der Waals surface area contributed by atoms with E-state index in [1.807, 2.05) is 0 Å². The molecule has 0 aliphatic carbocycles. The first-order valence-corrected chi connectivity index (χ1v) is 4.84. The first kappa shape index (κ1) is 9.54. The van der Waals surface area contributed by atoms with Gasteiger partial charge in [0.25, 0.3) is 0 Å². The molecular formula is C10H18N2. The smallest absolute Gasteiger partial charge is 0.0669 e. The number of rotatable bonds is 2. The maximum Gasteiger partial charge on any atom is 0.0669 e. The second kappa shape index (κ2) is 3.91. The lowest BCUT2D eigenvalue weighted by molar-refractivity contribution is 0.198. The van der Waals surface area contributed by atoms with E-state index in [1.165, 1.54) is 6.42 Å². The molecule has 2 nitrogen and oxygen atoms in total. The highest BCUT2D eigenvalue weighted by molar-refractivity contribution is 4.96. The predicted molar refractivity (Wildman–Crippen MR) is 49.6 cm³/mol. The van der Waals surface area contributed by atoms with Crippen LogP contribution in [0.4, 0.5) is 0 Å². The van der Waals surface area contributed by atoms with Crippen molar-refractivity contribution in [2.45, 2.75) is 45.7 Å². The summed E-state index contributed by atoms with van der Waals surface area (Å²) in [7, 11) is 0. The maximum atomic E-state index is 8.80. The zero-order valence-electron chi connectivity index (χ0n) is 8.25. The summed E-state index contributed by atoms with van der Waals surface area (Å²) in [5.74, 6) is 0.275. The lowest BCUT2D eigenvalue weighted by atomic mass is 10.1. The summed E-state index contributed by atoms with van der Waals surface area (Å²) in [4.78, 5) is 2.45. The monoisotopic (exact) mass is 166 g/mol. The standard InChI is InChI=1S/C10H18N2/c1-4-10-5-9(6-11)7-12(10)8(2)3/h8-10H,4-5,7H2,1-3H3. The van der Waals surface area contributed by atoms with Gasteiger partial charge in [-0.05, 0) is 26.7 Å². The Hall–Kier alpha value is -0.550. The molecule has 1 aliphatic rings. The van der Waals surface area contributed by atoms with Gasteiger partial charge in [-0.15, -0.1) is 0 Å². The quantitative estimate of drug-likeness (QED) is 0.627. The molecule has 0 aromatic heterocycles. The zero-order chi connectivity index (χ0) is 9.14. The molecule has 0 spiro atoms. The van der Waals surface area contributed by atoms with Gasteiger partial charge in [-0.1, -0.05) is 6.92 Å². The van der Waals surface area contributed by atoms with Crippen LogP contribution in [-0.2, 0) is 0 Å². The Balaban J connectivity index is 2.57. The molecule has 2 atom stereocenters. The average Bonchev–Trinajstić information content (AvgIpc) is 2.47. The summed E-state index contributed by atoms with van der Waals surface area (Å²) in [6, 6.07) is 3.61. The normalized spacial score (nSPS) is 30.9. The van der Waals surface area contributed by atoms with Crippen molar-refractivity contribution < 1.29 is 0 Å². The molecule has 1 heterocycles. The summed E-state index contributed by atoms with van der Waals surface area (Å²) in [6.45, 7) is 7.61. The highest BCUT2D eigenvalue weighted by Crippen LogP contribution is 2.26. The number of hydrogen-bond donors (Lipinski definition) is 0. The van der Waals surface area contributed by atoms with Crippen LogP contribution in [0.25, 0.3) is 0 Å². The fraction of sp³-hybridized carbons (Fsp3) is 0.900. The van der Waals surface area contributed by atoms with Gasteiger partial charge in [-0.2, -0.15) is 5.26 Å². The molecular weight excluding hydrogens is 148 g/mol. The Morgan fingerprint density at radius 1 is 1.58 bits per heavy atom. The molecule has 1 fully saturated rings. The second-order valence-corrected chi connectivity index (χ2v) is 3.91. The molecule has 1 rings (SSSR count). The molecule has 0 N–H and O–H groups in total. The van der Waals surface area contributed by atoms with Crippen molar-refractivity contribution in [3.8, 4) is 6.07 Å². The molecule has 0 aromatic rings. The van der Waals surface area contributed by atoms with Gasteiger partial charge in [0.1, 0.15) is 0 Å². The van der Waals surface area contributed by atoms with Crippen molar-refractivity contribution in [1.29, 1.82) is 5.26 Å². The molecule has 0 aromatic carbocycles. The molecule has 2 heteroatoms. The van der Waals surface area contributed by atoms with Crippen LogP contribution in [0.2, 0.25) is 0 Å². The highest BCUT2D eigenvalue weighted by atomic mass is 15.2. The van der Waals surface area contributed by atoms with Crippen molar-refractivity contribution >= 4 is 0 Å². The summed E-state index contributed by atoms with van der Waals surface area (Å²) in [6.07, 6.45) is 2.25. The van der Waals surface area contributed by atoms with Crippen LogP contribution in [0.15, 0.2) is 0 Å². The maximum absolute atomic E-state index is 8.80. The van der Waals surface area contributed by atoms with Crippen molar-refractivity contribution in [2.75, 3.05) is 6.54 Å². The molecule has 1 aliphatic heterocycles. The van der Waals surface area contributed by atoms with E-state index in [2.05, 4.69) is 31.7 Å². The second-order valence-electron chi connectivity index (χ2n) is 3.91. The van der Waals surface area contributed by atoms with Gasteiger partial charge >= 0.3 is 0 Å². The highest BCUT2D eigenvalue weighted by Gasteiger charge is 2.31. The van der Waals surface area contributed by atoms with Gasteiger partial charge in [0, 0.05) is 18.6 Å². The lowest BCUT2D eigenvalue weighted by Gasteiger charge is -2.26. The SMILES string of the molecule is CCC1CC(C#N)CN1C(C)C. The Morgan fingerprint density at radius 2 is 2.25 bits per heavy atom. The summed E-state index contributed by atoms with van der Waals surface area (Å²) < 4.78 is 0. The lowest BCUT2D eigenvalue weighted by Crippen LogP contribution is -2.35. The first-order valence-electron chi connectivity index (χ1n) is 4.84. The molecule has 0 radical (unpaired) electrons. The zero-order valence-corrected chi connectivity index (χ0v) is 8.25. The number of hydrogen-bond acceptors (Lipinski definition) is 2. The number of nitrogens with zero attached hydrogens (tertiary/aromatic N) is 2. The van der Waals surface area contributed by atoms with Gasteiger partial charge in [0.15, 0.2) is 0 Å². The van der Waals surface area contributed by atoms with Crippen molar-refractivity contribution in [3.63, 3.8) is 0 Å². The van der Waals surface area contributed by atoms with Crippen LogP contribution in [0.5, 0.6) is 0 Å². The minimum atomic E-state index is 0.275. The van der Waals surface area contributed by atoms with Crippen LogP contribution < -0.4 is 0 Å². The van der Waals surface area contributed by atoms with Crippen molar-refractivity contribution in [1.82, 2.24) is 4.90 Å². The largest absolute Gasteiger partial charge is 0.297 e. The summed E-state index contributed by atoms with van der Waals surface area (Å²) in [5.41, 5.74) is 0. The summed E-state index contributed by atoms with van der Waals surface area (Å²) >= 11 is 0. The topological polar surface area (TPSA) is 27.0 Å². The minimum absolute atomic E-state index is 0.275. The number of likely N-dealkylation sites (tertiary alicyclic amines) is 1. The predicted octanol–water partition coefficient (Wildman–Crippen LogP) is 2.02. The Kier molecular flexibility index (Phi) is 3.11.